The molecule has 1 aromatic rings. The summed E-state index contributed by atoms with van der Waals surface area (Å²) < 4.78 is 26.3. The van der Waals surface area contributed by atoms with Gasteiger partial charge in [-0.05, 0) is 6.92 Å². The molecule has 0 radical (unpaired) electrons. The van der Waals surface area contributed by atoms with E-state index in [4.69, 9.17) is 5.26 Å². The maximum absolute atomic E-state index is 13.5. The van der Waals surface area contributed by atoms with E-state index in [0.717, 1.165) is 12.3 Å². The van der Waals surface area contributed by atoms with Crippen LogP contribution in [0.3, 0.4) is 0 Å². The molecule has 0 amide bonds. The van der Waals surface area contributed by atoms with Crippen molar-refractivity contribution >= 4 is 5.82 Å². The summed E-state index contributed by atoms with van der Waals surface area (Å²) in [5.41, 5.74) is 0. The van der Waals surface area contributed by atoms with Crippen LogP contribution in [0, 0.1) is 23.0 Å². The summed E-state index contributed by atoms with van der Waals surface area (Å²) in [6, 6.07) is 2.88. The summed E-state index contributed by atoms with van der Waals surface area (Å²) in [5.74, 6) is -1.13. The largest absolute Gasteiger partial charge is 0.352 e. The fourth-order valence-electron chi connectivity index (χ4n) is 2.04. The highest BCUT2D eigenvalue weighted by Gasteiger charge is 2.23. The molecule has 0 N–H and O–H groups in total. The van der Waals surface area contributed by atoms with Gasteiger partial charge < -0.3 is 4.90 Å². The van der Waals surface area contributed by atoms with Crippen LogP contribution in [0.1, 0.15) is 6.92 Å². The third-order valence-corrected chi connectivity index (χ3v) is 3.14. The first-order valence-corrected chi connectivity index (χ1v) is 5.81. The zero-order valence-electron chi connectivity index (χ0n) is 10.1. The molecule has 0 aliphatic carbocycles. The van der Waals surface area contributed by atoms with Gasteiger partial charge in [0.15, 0.2) is 11.6 Å². The van der Waals surface area contributed by atoms with Gasteiger partial charge in [-0.15, -0.1) is 0 Å². The Bertz CT molecular complexity index is 464. The molecule has 18 heavy (non-hydrogen) atoms. The summed E-state index contributed by atoms with van der Waals surface area (Å²) in [4.78, 5) is 7.58. The second-order valence-electron chi connectivity index (χ2n) is 4.29. The lowest BCUT2D eigenvalue weighted by molar-refractivity contribution is 0.230. The molecule has 1 fully saturated rings. The van der Waals surface area contributed by atoms with Gasteiger partial charge in [0.25, 0.3) is 0 Å². The molecule has 0 spiro atoms. The van der Waals surface area contributed by atoms with E-state index < -0.39 is 11.6 Å². The van der Waals surface area contributed by atoms with Crippen molar-refractivity contribution in [3.05, 3.63) is 23.9 Å². The van der Waals surface area contributed by atoms with Gasteiger partial charge in [-0.25, -0.2) is 13.8 Å². The summed E-state index contributed by atoms with van der Waals surface area (Å²) in [7, 11) is 0. The van der Waals surface area contributed by atoms with Gasteiger partial charge in [0.1, 0.15) is 5.82 Å². The number of anilines is 1. The Morgan fingerprint density at radius 3 is 2.56 bits per heavy atom. The molecule has 0 bridgehead atoms. The molecule has 1 aliphatic rings. The lowest BCUT2D eigenvalue weighted by atomic mass is 10.2. The van der Waals surface area contributed by atoms with Crippen LogP contribution >= 0.6 is 0 Å². The smallest absolute Gasteiger partial charge is 0.168 e. The van der Waals surface area contributed by atoms with Crippen LogP contribution in [0.4, 0.5) is 14.6 Å². The number of halogens is 2. The van der Waals surface area contributed by atoms with Crippen molar-refractivity contribution in [2.75, 3.05) is 31.1 Å². The van der Waals surface area contributed by atoms with Crippen molar-refractivity contribution < 1.29 is 8.78 Å². The average molecular weight is 252 g/mol. The molecule has 2 rings (SSSR count). The lowest BCUT2D eigenvalue weighted by Gasteiger charge is -2.36. The monoisotopic (exact) mass is 252 g/mol. The zero-order valence-corrected chi connectivity index (χ0v) is 10.1. The molecular weight excluding hydrogens is 238 g/mol. The minimum Gasteiger partial charge on any atom is -0.352 e. The van der Waals surface area contributed by atoms with Crippen molar-refractivity contribution in [3.8, 4) is 6.07 Å². The highest BCUT2D eigenvalue weighted by atomic mass is 19.1. The van der Waals surface area contributed by atoms with E-state index >= 15 is 0 Å². The number of hydrogen-bond acceptors (Lipinski definition) is 4. The van der Waals surface area contributed by atoms with E-state index in [1.54, 1.807) is 4.90 Å². The number of pyridine rings is 1. The van der Waals surface area contributed by atoms with Crippen molar-refractivity contribution in [1.29, 1.82) is 5.26 Å². The van der Waals surface area contributed by atoms with Gasteiger partial charge in [0.05, 0.1) is 18.3 Å². The molecule has 1 unspecified atom stereocenters. The van der Waals surface area contributed by atoms with E-state index in [0.29, 0.717) is 26.2 Å². The van der Waals surface area contributed by atoms with Crippen LogP contribution in [0.2, 0.25) is 0 Å². The number of rotatable bonds is 2. The third kappa shape index (κ3) is 2.57. The maximum atomic E-state index is 13.5. The predicted molar refractivity (Wildman–Crippen MR) is 63.0 cm³/mol. The minimum absolute atomic E-state index is 0.141. The molecule has 1 aliphatic heterocycles. The fraction of sp³-hybridized carbons (Fsp3) is 0.500. The van der Waals surface area contributed by atoms with Crippen molar-refractivity contribution in [1.82, 2.24) is 9.88 Å². The second-order valence-corrected chi connectivity index (χ2v) is 4.29. The van der Waals surface area contributed by atoms with Gasteiger partial charge in [0.2, 0.25) is 0 Å². The number of hydrogen-bond donors (Lipinski definition) is 0. The summed E-state index contributed by atoms with van der Waals surface area (Å²) in [6.45, 7) is 4.36. The standard InChI is InChI=1S/C12H14F2N4/c1-9(7-15)17-2-4-18(5-3-17)12-11(14)6-10(13)8-16-12/h6,8-9H,2-5H2,1H3. The second kappa shape index (κ2) is 5.27. The van der Waals surface area contributed by atoms with Crippen LogP contribution in [-0.2, 0) is 0 Å². The Labute approximate surface area is 104 Å². The van der Waals surface area contributed by atoms with Gasteiger partial charge in [0, 0.05) is 32.2 Å². The quantitative estimate of drug-likeness (QED) is 0.798. The Balaban J connectivity index is 2.04. The molecule has 1 atom stereocenters. The summed E-state index contributed by atoms with van der Waals surface area (Å²) in [6.07, 6.45) is 1.02. The first kappa shape index (κ1) is 12.7. The molecular formula is C12H14F2N4. The third-order valence-electron chi connectivity index (χ3n) is 3.14. The topological polar surface area (TPSA) is 43.2 Å². The Morgan fingerprint density at radius 1 is 1.33 bits per heavy atom. The summed E-state index contributed by atoms with van der Waals surface area (Å²) >= 11 is 0. The molecule has 96 valence electrons. The van der Waals surface area contributed by atoms with E-state index in [-0.39, 0.29) is 11.9 Å². The van der Waals surface area contributed by atoms with Gasteiger partial charge in [-0.2, -0.15) is 5.26 Å². The van der Waals surface area contributed by atoms with Gasteiger partial charge in [-0.1, -0.05) is 0 Å². The van der Waals surface area contributed by atoms with Crippen molar-refractivity contribution in [2.45, 2.75) is 13.0 Å². The van der Waals surface area contributed by atoms with Crippen LogP contribution in [-0.4, -0.2) is 42.1 Å². The average Bonchev–Trinajstić information content (AvgIpc) is 2.38. The summed E-state index contributed by atoms with van der Waals surface area (Å²) in [5, 5.41) is 8.83. The first-order chi connectivity index (χ1) is 8.61. The number of nitriles is 1. The first-order valence-electron chi connectivity index (χ1n) is 5.81. The molecule has 0 saturated carbocycles. The zero-order chi connectivity index (χ0) is 13.1. The SMILES string of the molecule is CC(C#N)N1CCN(c2ncc(F)cc2F)CC1. The van der Waals surface area contributed by atoms with Crippen molar-refractivity contribution in [2.24, 2.45) is 0 Å². The maximum Gasteiger partial charge on any atom is 0.168 e. The van der Waals surface area contributed by atoms with Crippen molar-refractivity contribution in [3.63, 3.8) is 0 Å². The Kier molecular flexibility index (Phi) is 3.72. The van der Waals surface area contributed by atoms with Crippen LogP contribution < -0.4 is 4.90 Å². The van der Waals surface area contributed by atoms with Crippen LogP contribution in [0.15, 0.2) is 12.3 Å². The van der Waals surface area contributed by atoms with E-state index in [2.05, 4.69) is 11.1 Å². The Hall–Kier alpha value is -1.74. The Morgan fingerprint density at radius 2 is 2.00 bits per heavy atom. The molecule has 6 heteroatoms. The molecule has 2 heterocycles. The normalized spacial score (nSPS) is 18.4. The molecule has 1 aromatic heterocycles. The predicted octanol–water partition coefficient (Wildman–Crippen LogP) is 1.39. The minimum atomic E-state index is -0.673. The lowest BCUT2D eigenvalue weighted by Crippen LogP contribution is -2.49. The number of piperazine rings is 1. The van der Waals surface area contributed by atoms with E-state index in [1.165, 1.54) is 0 Å². The molecule has 0 aromatic carbocycles. The number of aromatic nitrogens is 1. The molecule has 4 nitrogen and oxygen atoms in total. The highest BCUT2D eigenvalue weighted by Crippen LogP contribution is 2.18. The van der Waals surface area contributed by atoms with Crippen LogP contribution in [0.5, 0.6) is 0 Å². The van der Waals surface area contributed by atoms with E-state index in [9.17, 15) is 8.78 Å². The number of nitrogens with zero attached hydrogens (tertiary/aromatic N) is 4. The highest BCUT2D eigenvalue weighted by molar-refractivity contribution is 5.40. The van der Waals surface area contributed by atoms with Gasteiger partial charge in [-0.3, -0.25) is 4.90 Å². The van der Waals surface area contributed by atoms with Gasteiger partial charge >= 0.3 is 0 Å². The molecule has 1 saturated heterocycles. The van der Waals surface area contributed by atoms with Crippen LogP contribution in [0.25, 0.3) is 0 Å². The fourth-order valence-corrected chi connectivity index (χ4v) is 2.04. The van der Waals surface area contributed by atoms with E-state index in [1.807, 2.05) is 11.8 Å².